The first-order valence-corrected chi connectivity index (χ1v) is 9.65. The molecule has 1 heterocycles. The van der Waals surface area contributed by atoms with E-state index in [0.717, 1.165) is 21.9 Å². The van der Waals surface area contributed by atoms with E-state index in [2.05, 4.69) is 10.3 Å². The maximum absolute atomic E-state index is 12.5. The molecular weight excluding hydrogens is 360 g/mol. The average molecular weight is 375 g/mol. The van der Waals surface area contributed by atoms with Crippen molar-refractivity contribution in [3.8, 4) is 0 Å². The second-order valence-electron chi connectivity index (χ2n) is 5.04. The summed E-state index contributed by atoms with van der Waals surface area (Å²) in [5, 5.41) is 5.62. The second kappa shape index (κ2) is 8.33. The number of nitrogens with one attached hydrogen (secondary N) is 1. The van der Waals surface area contributed by atoms with Crippen LogP contribution in [0, 0.1) is 0 Å². The van der Waals surface area contributed by atoms with Crippen molar-refractivity contribution in [3.63, 3.8) is 0 Å². The molecule has 3 nitrogen and oxygen atoms in total. The summed E-state index contributed by atoms with van der Waals surface area (Å²) in [6, 6.07) is 15.1. The minimum atomic E-state index is -0.101. The molecule has 0 atom stereocenters. The Morgan fingerprint density at radius 3 is 2.75 bits per heavy atom. The Kier molecular flexibility index (Phi) is 5.91. The Morgan fingerprint density at radius 1 is 1.17 bits per heavy atom. The minimum Gasteiger partial charge on any atom is -0.348 e. The van der Waals surface area contributed by atoms with Gasteiger partial charge in [0.05, 0.1) is 16.8 Å². The van der Waals surface area contributed by atoms with Gasteiger partial charge >= 0.3 is 0 Å². The van der Waals surface area contributed by atoms with E-state index in [0.29, 0.717) is 17.1 Å². The largest absolute Gasteiger partial charge is 0.348 e. The van der Waals surface area contributed by atoms with Gasteiger partial charge < -0.3 is 5.32 Å². The number of halogens is 1. The van der Waals surface area contributed by atoms with E-state index in [1.54, 1.807) is 23.1 Å². The highest BCUT2D eigenvalue weighted by Crippen LogP contribution is 2.26. The molecule has 1 N–H and O–H groups in total. The molecule has 0 spiro atoms. The molecule has 1 aromatic heterocycles. The SMILES string of the molecule is O=C(NCc1ccccc1Cl)c1ccccc1SCc1cscn1. The minimum absolute atomic E-state index is 0.101. The Balaban J connectivity index is 1.67. The van der Waals surface area contributed by atoms with E-state index in [1.165, 1.54) is 0 Å². The van der Waals surface area contributed by atoms with Crippen LogP contribution in [0.25, 0.3) is 0 Å². The van der Waals surface area contributed by atoms with Crippen molar-refractivity contribution >= 4 is 40.6 Å². The predicted molar refractivity (Wildman–Crippen MR) is 101 cm³/mol. The van der Waals surface area contributed by atoms with E-state index < -0.39 is 0 Å². The zero-order chi connectivity index (χ0) is 16.8. The van der Waals surface area contributed by atoms with Crippen molar-refractivity contribution in [2.45, 2.75) is 17.2 Å². The molecule has 1 amide bonds. The Hall–Kier alpha value is -1.82. The number of hydrogen-bond donors (Lipinski definition) is 1. The average Bonchev–Trinajstić information content (AvgIpc) is 3.13. The number of benzene rings is 2. The molecule has 122 valence electrons. The molecule has 0 fully saturated rings. The quantitative estimate of drug-likeness (QED) is 0.616. The monoisotopic (exact) mass is 374 g/mol. The lowest BCUT2D eigenvalue weighted by Gasteiger charge is -2.10. The molecule has 2 aromatic carbocycles. The Bertz CT molecular complexity index is 821. The summed E-state index contributed by atoms with van der Waals surface area (Å²) in [5.74, 6) is 0.648. The van der Waals surface area contributed by atoms with E-state index in [-0.39, 0.29) is 5.91 Å². The zero-order valence-electron chi connectivity index (χ0n) is 12.7. The van der Waals surface area contributed by atoms with Crippen LogP contribution in [0.2, 0.25) is 5.02 Å². The molecule has 3 aromatic rings. The zero-order valence-corrected chi connectivity index (χ0v) is 15.1. The smallest absolute Gasteiger partial charge is 0.252 e. The maximum Gasteiger partial charge on any atom is 0.252 e. The van der Waals surface area contributed by atoms with Crippen molar-refractivity contribution in [2.75, 3.05) is 0 Å². The van der Waals surface area contributed by atoms with Gasteiger partial charge in [-0.3, -0.25) is 4.79 Å². The first-order chi connectivity index (χ1) is 11.7. The predicted octanol–water partition coefficient (Wildman–Crippen LogP) is 5.02. The third-order valence-electron chi connectivity index (χ3n) is 3.39. The lowest BCUT2D eigenvalue weighted by molar-refractivity contribution is 0.0948. The summed E-state index contributed by atoms with van der Waals surface area (Å²) >= 11 is 9.32. The molecule has 0 aliphatic heterocycles. The van der Waals surface area contributed by atoms with E-state index in [9.17, 15) is 4.79 Å². The fraction of sp³-hybridized carbons (Fsp3) is 0.111. The first kappa shape index (κ1) is 17.0. The van der Waals surface area contributed by atoms with Crippen molar-refractivity contribution < 1.29 is 4.79 Å². The summed E-state index contributed by atoms with van der Waals surface area (Å²) < 4.78 is 0. The summed E-state index contributed by atoms with van der Waals surface area (Å²) in [7, 11) is 0. The van der Waals surface area contributed by atoms with Crippen LogP contribution in [-0.2, 0) is 12.3 Å². The van der Waals surface area contributed by atoms with Crippen LogP contribution in [-0.4, -0.2) is 10.9 Å². The number of amides is 1. The molecule has 0 saturated heterocycles. The van der Waals surface area contributed by atoms with Gasteiger partial charge in [-0.2, -0.15) is 0 Å². The lowest BCUT2D eigenvalue weighted by atomic mass is 10.2. The van der Waals surface area contributed by atoms with Crippen LogP contribution in [0.15, 0.2) is 64.3 Å². The lowest BCUT2D eigenvalue weighted by Crippen LogP contribution is -2.23. The number of thioether (sulfide) groups is 1. The molecule has 24 heavy (non-hydrogen) atoms. The van der Waals surface area contributed by atoms with Crippen LogP contribution >= 0.6 is 34.7 Å². The van der Waals surface area contributed by atoms with Crippen LogP contribution in [0.4, 0.5) is 0 Å². The van der Waals surface area contributed by atoms with Crippen molar-refractivity contribution in [2.24, 2.45) is 0 Å². The van der Waals surface area contributed by atoms with Crippen molar-refractivity contribution in [3.05, 3.63) is 81.3 Å². The summed E-state index contributed by atoms with van der Waals surface area (Å²) in [4.78, 5) is 17.8. The van der Waals surface area contributed by atoms with Crippen LogP contribution in [0.5, 0.6) is 0 Å². The fourth-order valence-corrected chi connectivity index (χ4v) is 3.97. The Labute approximate surface area is 154 Å². The molecule has 0 aliphatic carbocycles. The molecule has 6 heteroatoms. The molecule has 0 saturated carbocycles. The van der Waals surface area contributed by atoms with Gasteiger partial charge in [-0.05, 0) is 23.8 Å². The highest BCUT2D eigenvalue weighted by molar-refractivity contribution is 7.98. The third kappa shape index (κ3) is 4.38. The number of aromatic nitrogens is 1. The topological polar surface area (TPSA) is 42.0 Å². The highest BCUT2D eigenvalue weighted by Gasteiger charge is 2.12. The van der Waals surface area contributed by atoms with Gasteiger partial charge in [0.25, 0.3) is 5.91 Å². The van der Waals surface area contributed by atoms with Gasteiger partial charge in [0.15, 0.2) is 0 Å². The summed E-state index contributed by atoms with van der Waals surface area (Å²) in [6.45, 7) is 0.406. The Morgan fingerprint density at radius 2 is 1.96 bits per heavy atom. The van der Waals surface area contributed by atoms with Gasteiger partial charge in [0.2, 0.25) is 0 Å². The fourth-order valence-electron chi connectivity index (χ4n) is 2.15. The highest BCUT2D eigenvalue weighted by atomic mass is 35.5. The second-order valence-corrected chi connectivity index (χ2v) is 7.18. The van der Waals surface area contributed by atoms with E-state index >= 15 is 0 Å². The van der Waals surface area contributed by atoms with Crippen LogP contribution < -0.4 is 5.32 Å². The molecule has 3 rings (SSSR count). The number of nitrogens with zero attached hydrogens (tertiary/aromatic N) is 1. The standard InChI is InChI=1S/C18H15ClN2OS2/c19-16-7-3-1-5-13(16)9-20-18(22)15-6-2-4-8-17(15)24-11-14-10-23-12-21-14/h1-8,10,12H,9,11H2,(H,20,22). The van der Waals surface area contributed by atoms with E-state index in [4.69, 9.17) is 11.6 Å². The van der Waals surface area contributed by atoms with Gasteiger partial charge in [-0.25, -0.2) is 4.98 Å². The number of carbonyl (C=O) groups excluding carboxylic acids is 1. The van der Waals surface area contributed by atoms with Crippen molar-refractivity contribution in [1.82, 2.24) is 10.3 Å². The van der Waals surface area contributed by atoms with Crippen LogP contribution in [0.1, 0.15) is 21.6 Å². The van der Waals surface area contributed by atoms with Gasteiger partial charge in [-0.1, -0.05) is 41.9 Å². The number of thiazole rings is 1. The van der Waals surface area contributed by atoms with Gasteiger partial charge in [0, 0.05) is 27.6 Å². The summed E-state index contributed by atoms with van der Waals surface area (Å²) in [5.41, 5.74) is 4.42. The number of rotatable bonds is 6. The van der Waals surface area contributed by atoms with Crippen LogP contribution in [0.3, 0.4) is 0 Å². The molecule has 0 aliphatic rings. The third-order valence-corrected chi connectivity index (χ3v) is 5.50. The molecule has 0 unspecified atom stereocenters. The number of carbonyl (C=O) groups is 1. The molecular formula is C18H15ClN2OS2. The van der Waals surface area contributed by atoms with Crippen molar-refractivity contribution in [1.29, 1.82) is 0 Å². The summed E-state index contributed by atoms with van der Waals surface area (Å²) in [6.07, 6.45) is 0. The first-order valence-electron chi connectivity index (χ1n) is 7.34. The van der Waals surface area contributed by atoms with Gasteiger partial charge in [0.1, 0.15) is 0 Å². The van der Waals surface area contributed by atoms with Gasteiger partial charge in [-0.15, -0.1) is 23.1 Å². The molecule has 0 radical (unpaired) electrons. The van der Waals surface area contributed by atoms with E-state index in [1.807, 2.05) is 59.4 Å². The maximum atomic E-state index is 12.5. The number of hydrogen-bond acceptors (Lipinski definition) is 4. The normalized spacial score (nSPS) is 10.5. The molecule has 0 bridgehead atoms.